The molecule has 7 N–H and O–H groups in total. The normalized spacial score (nSPS) is 14.3. The fourth-order valence-electron chi connectivity index (χ4n) is 4.30. The van der Waals surface area contributed by atoms with E-state index in [0.29, 0.717) is 30.0 Å². The van der Waals surface area contributed by atoms with Crippen LogP contribution in [-0.4, -0.2) is 50.5 Å². The van der Waals surface area contributed by atoms with Crippen LogP contribution in [0.2, 0.25) is 0 Å². The summed E-state index contributed by atoms with van der Waals surface area (Å²) in [4.78, 5) is 22.6. The summed E-state index contributed by atoms with van der Waals surface area (Å²) >= 11 is 0. The Labute approximate surface area is 228 Å². The van der Waals surface area contributed by atoms with E-state index >= 15 is 0 Å². The predicted molar refractivity (Wildman–Crippen MR) is 152 cm³/mol. The van der Waals surface area contributed by atoms with Crippen molar-refractivity contribution in [1.82, 2.24) is 14.7 Å². The zero-order chi connectivity index (χ0) is 28.2. The summed E-state index contributed by atoms with van der Waals surface area (Å²) in [6.45, 7) is 5.32. The maximum atomic E-state index is 12.5. The van der Waals surface area contributed by atoms with Gasteiger partial charge in [-0.15, -0.1) is 0 Å². The molecule has 39 heavy (non-hydrogen) atoms. The van der Waals surface area contributed by atoms with Gasteiger partial charge in [-0.25, -0.2) is 18.1 Å². The van der Waals surface area contributed by atoms with Crippen LogP contribution in [0, 0.1) is 5.92 Å². The van der Waals surface area contributed by atoms with Crippen LogP contribution in [0.5, 0.6) is 5.75 Å². The zero-order valence-corrected chi connectivity index (χ0v) is 23.0. The molecule has 0 unspecified atom stereocenters. The number of anilines is 6. The highest BCUT2D eigenvalue weighted by atomic mass is 32.2. The lowest BCUT2D eigenvalue weighted by Crippen LogP contribution is -2.38. The molecule has 0 atom stereocenters. The maximum Gasteiger partial charge on any atom is 0.242 e. The molecule has 0 aliphatic carbocycles. The number of nitrogens with two attached hydrogens (primary N) is 2. The number of carbonyl (C=O) groups excluding carboxylic acids is 1. The van der Waals surface area contributed by atoms with Gasteiger partial charge in [0.1, 0.15) is 10.6 Å². The van der Waals surface area contributed by atoms with E-state index in [-0.39, 0.29) is 40.3 Å². The average molecular weight is 555 g/mol. The number of primary amides is 1. The molecule has 1 saturated heterocycles. The number of amides is 1. The second-order valence-electron chi connectivity index (χ2n) is 9.46. The summed E-state index contributed by atoms with van der Waals surface area (Å²) < 4.78 is 33.3. The summed E-state index contributed by atoms with van der Waals surface area (Å²) in [6.07, 6.45) is 2.77. The molecule has 13 heteroatoms. The van der Waals surface area contributed by atoms with Crippen LogP contribution in [0.4, 0.5) is 34.5 Å². The van der Waals surface area contributed by atoms with Crippen molar-refractivity contribution in [3.8, 4) is 5.75 Å². The van der Waals surface area contributed by atoms with E-state index in [1.165, 1.54) is 19.3 Å². The molecular formula is C26H34N8O4S. The molecule has 0 bridgehead atoms. The van der Waals surface area contributed by atoms with E-state index < -0.39 is 10.0 Å². The third-order valence-electron chi connectivity index (χ3n) is 6.35. The number of ether oxygens (including phenoxy) is 1. The fraction of sp³-hybridized carbons (Fsp3) is 0.346. The number of piperidine rings is 1. The van der Waals surface area contributed by atoms with Gasteiger partial charge >= 0.3 is 0 Å². The van der Waals surface area contributed by atoms with Gasteiger partial charge in [0.05, 0.1) is 29.4 Å². The van der Waals surface area contributed by atoms with Crippen LogP contribution in [0.15, 0.2) is 53.6 Å². The van der Waals surface area contributed by atoms with Crippen molar-refractivity contribution in [2.45, 2.75) is 37.7 Å². The second-order valence-corrected chi connectivity index (χ2v) is 11.3. The Morgan fingerprint density at radius 3 is 2.49 bits per heavy atom. The van der Waals surface area contributed by atoms with E-state index in [0.717, 1.165) is 18.8 Å². The molecule has 0 spiro atoms. The monoisotopic (exact) mass is 554 g/mol. The Hall–Kier alpha value is -4.10. The lowest BCUT2D eigenvalue weighted by molar-refractivity contribution is -0.122. The predicted octanol–water partition coefficient (Wildman–Crippen LogP) is 2.94. The molecule has 0 radical (unpaired) electrons. The maximum absolute atomic E-state index is 12.5. The Kier molecular flexibility index (Phi) is 8.41. The Bertz CT molecular complexity index is 1440. The number of nitrogens with one attached hydrogen (secondary N) is 3. The van der Waals surface area contributed by atoms with E-state index in [9.17, 15) is 13.2 Å². The molecule has 1 aromatic heterocycles. The summed E-state index contributed by atoms with van der Waals surface area (Å²) in [5.41, 5.74) is 13.8. The number of hydrogen-bond acceptors (Lipinski definition) is 10. The largest absolute Gasteiger partial charge is 0.489 e. The molecule has 1 aliphatic heterocycles. The number of para-hydroxylation sites is 1. The number of rotatable bonds is 10. The van der Waals surface area contributed by atoms with Crippen molar-refractivity contribution in [3.63, 3.8) is 0 Å². The van der Waals surface area contributed by atoms with Gasteiger partial charge in [0.2, 0.25) is 21.9 Å². The number of carbonyl (C=O) groups is 1. The quantitative estimate of drug-likeness (QED) is 0.250. The lowest BCUT2D eigenvalue weighted by atomic mass is 9.96. The van der Waals surface area contributed by atoms with Crippen LogP contribution in [-0.2, 0) is 14.8 Å². The SMILES string of the molecule is CNS(=O)(=O)c1ccccc1Nc1nc(Nc2ccc(N3CCC(C(N)=O)CC3)cc2OC(C)C)ncc1N. The van der Waals surface area contributed by atoms with Crippen molar-refractivity contribution in [1.29, 1.82) is 0 Å². The lowest BCUT2D eigenvalue weighted by Gasteiger charge is -2.32. The number of aromatic nitrogens is 2. The van der Waals surface area contributed by atoms with Crippen LogP contribution < -0.4 is 36.5 Å². The van der Waals surface area contributed by atoms with Gasteiger partial charge in [-0.2, -0.15) is 4.98 Å². The third-order valence-corrected chi connectivity index (χ3v) is 7.82. The molecule has 2 aromatic carbocycles. The van der Waals surface area contributed by atoms with Gasteiger partial charge in [-0.05, 0) is 58.0 Å². The standard InChI is InChI=1S/C26H34N8O4S/c1-16(2)38-22-14-18(34-12-10-17(11-13-34)24(28)35)8-9-20(22)32-26-30-15-19(27)25(33-26)31-21-6-4-5-7-23(21)39(36,37)29-3/h4-9,14-17,29H,10-13,27H2,1-3H3,(H2,28,35)(H2,30,31,32,33). The van der Waals surface area contributed by atoms with Gasteiger partial charge < -0.3 is 31.7 Å². The van der Waals surface area contributed by atoms with Crippen molar-refractivity contribution in [2.75, 3.05) is 41.4 Å². The first-order chi connectivity index (χ1) is 18.6. The number of hydrogen-bond donors (Lipinski definition) is 5. The third kappa shape index (κ3) is 6.67. The highest BCUT2D eigenvalue weighted by Crippen LogP contribution is 2.35. The average Bonchev–Trinajstić information content (AvgIpc) is 2.91. The van der Waals surface area contributed by atoms with E-state index in [1.807, 2.05) is 32.0 Å². The summed E-state index contributed by atoms with van der Waals surface area (Å²) in [5.74, 6) is 0.752. The van der Waals surface area contributed by atoms with E-state index in [2.05, 4.69) is 30.2 Å². The number of nitrogen functional groups attached to an aromatic ring is 1. The molecule has 2 heterocycles. The zero-order valence-electron chi connectivity index (χ0n) is 22.1. The van der Waals surface area contributed by atoms with Gasteiger partial charge in [-0.3, -0.25) is 4.79 Å². The van der Waals surface area contributed by atoms with Gasteiger partial charge in [0.15, 0.2) is 5.82 Å². The molecule has 1 aliphatic rings. The molecular weight excluding hydrogens is 520 g/mol. The summed E-state index contributed by atoms with van der Waals surface area (Å²) in [7, 11) is -2.37. The second kappa shape index (κ2) is 11.7. The van der Waals surface area contributed by atoms with Crippen molar-refractivity contribution < 1.29 is 17.9 Å². The minimum absolute atomic E-state index is 0.0584. The van der Waals surface area contributed by atoms with Gasteiger partial charge in [-0.1, -0.05) is 12.1 Å². The van der Waals surface area contributed by atoms with Crippen molar-refractivity contribution >= 4 is 50.4 Å². The minimum atomic E-state index is -3.71. The number of sulfonamides is 1. The molecule has 4 rings (SSSR count). The van der Waals surface area contributed by atoms with E-state index in [4.69, 9.17) is 16.2 Å². The van der Waals surface area contributed by atoms with Crippen molar-refractivity contribution in [3.05, 3.63) is 48.7 Å². The topological polar surface area (TPSA) is 178 Å². The van der Waals surface area contributed by atoms with Crippen LogP contribution in [0.1, 0.15) is 26.7 Å². The first kappa shape index (κ1) is 27.9. The molecule has 3 aromatic rings. The first-order valence-corrected chi connectivity index (χ1v) is 14.1. The fourth-order valence-corrected chi connectivity index (χ4v) is 5.18. The van der Waals surface area contributed by atoms with Crippen LogP contribution in [0.3, 0.4) is 0 Å². The Morgan fingerprint density at radius 2 is 1.82 bits per heavy atom. The highest BCUT2D eigenvalue weighted by Gasteiger charge is 2.24. The first-order valence-electron chi connectivity index (χ1n) is 12.6. The Morgan fingerprint density at radius 1 is 1.10 bits per heavy atom. The molecule has 208 valence electrons. The van der Waals surface area contributed by atoms with Gasteiger partial charge in [0, 0.05) is 30.8 Å². The summed E-state index contributed by atoms with van der Waals surface area (Å²) in [5, 5.41) is 6.20. The van der Waals surface area contributed by atoms with Crippen LogP contribution >= 0.6 is 0 Å². The van der Waals surface area contributed by atoms with Crippen molar-refractivity contribution in [2.24, 2.45) is 11.7 Å². The van der Waals surface area contributed by atoms with E-state index in [1.54, 1.807) is 18.2 Å². The summed E-state index contributed by atoms with van der Waals surface area (Å²) in [6, 6.07) is 12.2. The number of benzene rings is 2. The molecule has 1 amide bonds. The molecule has 0 saturated carbocycles. The Balaban J connectivity index is 1.59. The van der Waals surface area contributed by atoms with Crippen LogP contribution in [0.25, 0.3) is 0 Å². The molecule has 12 nitrogen and oxygen atoms in total. The smallest absolute Gasteiger partial charge is 0.242 e. The minimum Gasteiger partial charge on any atom is -0.489 e. The highest BCUT2D eigenvalue weighted by molar-refractivity contribution is 7.89. The van der Waals surface area contributed by atoms with Gasteiger partial charge in [0.25, 0.3) is 0 Å². The molecule has 1 fully saturated rings. The number of nitrogens with zero attached hydrogens (tertiary/aromatic N) is 3.